The maximum Gasteiger partial charge on any atom is 0.461 e. The molecule has 2 amide bonds. The predicted octanol–water partition coefficient (Wildman–Crippen LogP) is 3.51. The van der Waals surface area contributed by atoms with E-state index in [9.17, 15) is 36.8 Å². The van der Waals surface area contributed by atoms with Gasteiger partial charge in [0.2, 0.25) is 0 Å². The summed E-state index contributed by atoms with van der Waals surface area (Å²) in [6.45, 7) is 1.03. The quantitative estimate of drug-likeness (QED) is 0.291. The molecule has 4 aromatic rings. The SMILES string of the molecule is CNC(=O)c1cc(C#N)cc(C)c1NC(=O)c1cc(Cn2nnc(C(F)(F)C(F)(F)F)n2)nn1-c1ncccc1Br. The van der Waals surface area contributed by atoms with Crippen molar-refractivity contribution in [1.29, 1.82) is 5.26 Å². The molecular weight excluding hydrogens is 623 g/mol. The lowest BCUT2D eigenvalue weighted by atomic mass is 10.0. The summed E-state index contributed by atoms with van der Waals surface area (Å²) in [7, 11) is 1.37. The van der Waals surface area contributed by atoms with Crippen LogP contribution in [0.1, 0.15) is 43.5 Å². The summed E-state index contributed by atoms with van der Waals surface area (Å²) in [5.41, 5.74) is 0.486. The third-order valence-electron chi connectivity index (χ3n) is 5.50. The first-order valence-electron chi connectivity index (χ1n) is 11.3. The van der Waals surface area contributed by atoms with E-state index in [0.717, 1.165) is 4.68 Å². The van der Waals surface area contributed by atoms with Gasteiger partial charge >= 0.3 is 12.1 Å². The molecule has 18 heteroatoms. The van der Waals surface area contributed by atoms with Gasteiger partial charge in [-0.25, -0.2) is 9.67 Å². The molecule has 12 nitrogen and oxygen atoms in total. The van der Waals surface area contributed by atoms with Crippen LogP contribution in [0.5, 0.6) is 0 Å². The highest BCUT2D eigenvalue weighted by molar-refractivity contribution is 9.10. The van der Waals surface area contributed by atoms with Gasteiger partial charge in [0.25, 0.3) is 17.6 Å². The Labute approximate surface area is 235 Å². The average Bonchev–Trinajstić information content (AvgIpc) is 3.56. The van der Waals surface area contributed by atoms with Crippen molar-refractivity contribution in [2.24, 2.45) is 0 Å². The molecule has 0 radical (unpaired) electrons. The minimum absolute atomic E-state index is 0.00708. The third-order valence-corrected chi connectivity index (χ3v) is 6.12. The molecule has 3 heterocycles. The van der Waals surface area contributed by atoms with E-state index in [0.29, 0.717) is 14.8 Å². The molecular formula is C23H16BrF5N10O2. The van der Waals surface area contributed by atoms with E-state index in [-0.39, 0.29) is 34.0 Å². The highest BCUT2D eigenvalue weighted by atomic mass is 79.9. The Kier molecular flexibility index (Phi) is 7.83. The Bertz CT molecular complexity index is 1690. The van der Waals surface area contributed by atoms with Gasteiger partial charge < -0.3 is 10.6 Å². The van der Waals surface area contributed by atoms with Gasteiger partial charge in [0.05, 0.1) is 33.1 Å². The summed E-state index contributed by atoms with van der Waals surface area (Å²) >= 11 is 3.30. The summed E-state index contributed by atoms with van der Waals surface area (Å²) in [5.74, 6) is -8.44. The van der Waals surface area contributed by atoms with Gasteiger partial charge in [-0.2, -0.15) is 37.1 Å². The van der Waals surface area contributed by atoms with Crippen LogP contribution in [0.2, 0.25) is 0 Å². The normalized spacial score (nSPS) is 11.7. The Morgan fingerprint density at radius 3 is 2.49 bits per heavy atom. The fraction of sp³-hybridized carbons (Fsp3) is 0.217. The minimum atomic E-state index is -5.93. The molecule has 0 bridgehead atoms. The zero-order valence-corrected chi connectivity index (χ0v) is 22.4. The second-order valence-corrected chi connectivity index (χ2v) is 9.17. The number of halogens is 6. The molecule has 0 aliphatic heterocycles. The second-order valence-electron chi connectivity index (χ2n) is 8.32. The van der Waals surface area contributed by atoms with Crippen molar-refractivity contribution in [3.63, 3.8) is 0 Å². The highest BCUT2D eigenvalue weighted by Gasteiger charge is 2.62. The molecule has 2 N–H and O–H groups in total. The van der Waals surface area contributed by atoms with E-state index < -0.39 is 36.3 Å². The predicted molar refractivity (Wildman–Crippen MR) is 133 cm³/mol. The molecule has 41 heavy (non-hydrogen) atoms. The number of benzene rings is 1. The van der Waals surface area contributed by atoms with Crippen LogP contribution in [0, 0.1) is 18.3 Å². The fourth-order valence-electron chi connectivity index (χ4n) is 3.58. The Hall–Kier alpha value is -4.79. The monoisotopic (exact) mass is 638 g/mol. The first-order chi connectivity index (χ1) is 19.3. The van der Waals surface area contributed by atoms with Crippen LogP contribution in [-0.2, 0) is 12.5 Å². The van der Waals surface area contributed by atoms with Crippen molar-refractivity contribution >= 4 is 33.4 Å². The van der Waals surface area contributed by atoms with Gasteiger partial charge in [0.1, 0.15) is 12.2 Å². The summed E-state index contributed by atoms with van der Waals surface area (Å²) in [5, 5.41) is 27.8. The number of hydrogen-bond donors (Lipinski definition) is 2. The number of pyridine rings is 1. The van der Waals surface area contributed by atoms with Crippen LogP contribution >= 0.6 is 15.9 Å². The van der Waals surface area contributed by atoms with Crippen molar-refractivity contribution in [1.82, 2.24) is 40.3 Å². The second kappa shape index (κ2) is 11.0. The molecule has 1 aromatic carbocycles. The third kappa shape index (κ3) is 5.75. The zero-order chi connectivity index (χ0) is 30.1. The first-order valence-corrected chi connectivity index (χ1v) is 12.1. The van der Waals surface area contributed by atoms with Crippen LogP contribution in [0.15, 0.2) is 41.0 Å². The maximum atomic E-state index is 13.6. The lowest BCUT2D eigenvalue weighted by molar-refractivity contribution is -0.292. The van der Waals surface area contributed by atoms with Crippen molar-refractivity contribution in [2.45, 2.75) is 25.6 Å². The maximum absolute atomic E-state index is 13.6. The summed E-state index contributed by atoms with van der Waals surface area (Å²) in [6.07, 6.45) is -4.53. The van der Waals surface area contributed by atoms with E-state index in [1.54, 1.807) is 19.1 Å². The fourth-order valence-corrected chi connectivity index (χ4v) is 4.00. The molecule has 212 valence electrons. The smallest absolute Gasteiger partial charge is 0.355 e. The summed E-state index contributed by atoms with van der Waals surface area (Å²) in [6, 6.07) is 9.09. The number of nitriles is 1. The van der Waals surface area contributed by atoms with Gasteiger partial charge in [0, 0.05) is 13.2 Å². The van der Waals surface area contributed by atoms with Crippen molar-refractivity contribution in [2.75, 3.05) is 12.4 Å². The lowest BCUT2D eigenvalue weighted by Crippen LogP contribution is -2.35. The van der Waals surface area contributed by atoms with Crippen LogP contribution in [-0.4, -0.2) is 60.0 Å². The number of amides is 2. The number of carbonyl (C=O) groups excluding carboxylic acids is 2. The van der Waals surface area contributed by atoms with E-state index in [1.165, 1.54) is 31.4 Å². The molecule has 3 aromatic heterocycles. The number of alkyl halides is 5. The number of anilines is 1. The number of nitrogens with zero attached hydrogens (tertiary/aromatic N) is 8. The number of tetrazole rings is 1. The van der Waals surface area contributed by atoms with Crippen LogP contribution in [0.3, 0.4) is 0 Å². The number of aryl methyl sites for hydroxylation is 1. The molecule has 0 aliphatic rings. The van der Waals surface area contributed by atoms with Gasteiger partial charge in [-0.3, -0.25) is 9.59 Å². The first kappa shape index (κ1) is 29.2. The minimum Gasteiger partial charge on any atom is -0.355 e. The standard InChI is InChI=1S/C23H16BrF5N10O2/c1-11-6-12(9-30)7-14(19(40)31-2)17(11)33-20(41)16-8-13(35-39(16)18-15(24)4-3-5-32-18)10-38-36-21(34-37-38)22(25,26)23(27,28)29/h3-8H,10H2,1-2H3,(H,31,40)(H,33,41). The van der Waals surface area contributed by atoms with Gasteiger partial charge in [-0.05, 0) is 64.0 Å². The highest BCUT2D eigenvalue weighted by Crippen LogP contribution is 2.41. The zero-order valence-electron chi connectivity index (χ0n) is 20.8. The molecule has 0 saturated carbocycles. The van der Waals surface area contributed by atoms with Crippen molar-refractivity contribution < 1.29 is 31.5 Å². The Morgan fingerprint density at radius 2 is 1.85 bits per heavy atom. The molecule has 0 unspecified atom stereocenters. The molecule has 0 saturated heterocycles. The number of rotatable bonds is 7. The summed E-state index contributed by atoms with van der Waals surface area (Å²) in [4.78, 5) is 30.7. The van der Waals surface area contributed by atoms with Crippen LogP contribution in [0.25, 0.3) is 5.82 Å². The Balaban J connectivity index is 1.75. The summed E-state index contributed by atoms with van der Waals surface area (Å²) < 4.78 is 66.8. The van der Waals surface area contributed by atoms with Crippen LogP contribution < -0.4 is 10.6 Å². The molecule has 0 fully saturated rings. The largest absolute Gasteiger partial charge is 0.461 e. The van der Waals surface area contributed by atoms with E-state index in [2.05, 4.69) is 52.1 Å². The number of aromatic nitrogens is 7. The topological polar surface area (TPSA) is 156 Å². The number of hydrogen-bond acceptors (Lipinski definition) is 8. The molecule has 0 atom stereocenters. The van der Waals surface area contributed by atoms with Gasteiger partial charge in [-0.1, -0.05) is 0 Å². The van der Waals surface area contributed by atoms with Crippen LogP contribution in [0.4, 0.5) is 27.6 Å². The number of carbonyl (C=O) groups is 2. The van der Waals surface area contributed by atoms with E-state index >= 15 is 0 Å². The van der Waals surface area contributed by atoms with Gasteiger partial charge in [-0.15, -0.1) is 10.2 Å². The van der Waals surface area contributed by atoms with E-state index in [4.69, 9.17) is 0 Å². The lowest BCUT2D eigenvalue weighted by Gasteiger charge is -2.14. The van der Waals surface area contributed by atoms with Crippen molar-refractivity contribution in [3.8, 4) is 11.9 Å². The van der Waals surface area contributed by atoms with Crippen molar-refractivity contribution in [3.05, 3.63) is 74.9 Å². The van der Waals surface area contributed by atoms with Gasteiger partial charge in [0.15, 0.2) is 5.82 Å². The molecule has 0 aliphatic carbocycles. The average molecular weight is 639 g/mol. The van der Waals surface area contributed by atoms with E-state index in [1.807, 2.05) is 6.07 Å². The molecule has 4 rings (SSSR count). The number of nitrogens with one attached hydrogen (secondary N) is 2. The molecule has 0 spiro atoms. The Morgan fingerprint density at radius 1 is 1.12 bits per heavy atom.